The standard InChI is InChI=1S/C24H29N5O4S.C14H21N3O2S.C14H17N3O2S.C10H9ClN2O2.C9H6ClNO2S.C9H7NO3S.C5H12N2/c1-27-9-11-29(12-10-27)34(30,31)23-6-4-5-17-15-28(8-7-18(17)23)24-19-13-21(32-2)22(33-3)14-20(19)25-16-26-24;2*1-16-7-9-17(10-8-16)20(18,19)14-4-2-3-12-11-15-6-5-13(12)14;1-14-8-3-6-7(4-9(8)15-2)12-5-13-10(6)11;10-14(12,13)9-3-1-2-7-6-11-5-4-8(7)9;11-14(12,13)9-3-1-2-7-6-10-5-4-8(7)9;1-7-4-2-6-3-5-7/h4-6,13-14,16H,7-12,15H2,1-3H3;2-4,15H,5-11H2,1H3;2-6,11H,7-10H2,1H3;3-5H,1-2H3;1-6H;1-6H,(H,11,12,13);6H,2-5H2,1H3. The molecule has 39 heteroatoms. The molecule has 124 heavy (non-hydrogen) atoms. The van der Waals surface area contributed by atoms with E-state index in [1.807, 2.05) is 63.6 Å². The zero-order chi connectivity index (χ0) is 88.5. The normalized spacial score (nSPS) is 16.6. The van der Waals surface area contributed by atoms with Crippen LogP contribution in [0.1, 0.15) is 22.3 Å². The molecule has 0 spiro atoms. The van der Waals surface area contributed by atoms with Crippen molar-refractivity contribution in [1.82, 2.24) is 78.0 Å². The maximum atomic E-state index is 13.5. The summed E-state index contributed by atoms with van der Waals surface area (Å²) in [6, 6.07) is 38.3. The van der Waals surface area contributed by atoms with Crippen LogP contribution in [-0.4, -0.2) is 288 Å². The molecule has 11 heterocycles. The molecule has 4 saturated heterocycles. The molecule has 0 bridgehead atoms. The van der Waals surface area contributed by atoms with Crippen LogP contribution in [0.15, 0.2) is 208 Å². The molecule has 6 aliphatic rings. The summed E-state index contributed by atoms with van der Waals surface area (Å²) in [5.41, 5.74) is 5.54. The van der Waals surface area contributed by atoms with Crippen LogP contribution in [0.3, 0.4) is 0 Å². The molecule has 0 saturated carbocycles. The molecule has 7 aromatic carbocycles. The number of anilines is 1. The third-order valence-corrected chi connectivity index (χ3v) is 30.4. The molecular formula is C85H101Cl2N17O15S5. The predicted molar refractivity (Wildman–Crippen MR) is 481 cm³/mol. The highest BCUT2D eigenvalue weighted by Crippen LogP contribution is 2.39. The Kier molecular flexibility index (Phi) is 31.8. The van der Waals surface area contributed by atoms with Gasteiger partial charge in [0.1, 0.15) is 28.5 Å². The number of rotatable bonds is 13. The first kappa shape index (κ1) is 93.5. The summed E-state index contributed by atoms with van der Waals surface area (Å²) in [5.74, 6) is 3.26. The minimum absolute atomic E-state index is 0.0857. The van der Waals surface area contributed by atoms with Crippen LogP contribution in [0.2, 0.25) is 5.15 Å². The Morgan fingerprint density at radius 1 is 0.387 bits per heavy atom. The van der Waals surface area contributed by atoms with Gasteiger partial charge in [-0.25, -0.2) is 53.6 Å². The highest BCUT2D eigenvalue weighted by atomic mass is 35.7. The smallest absolute Gasteiger partial charge is 0.295 e. The highest BCUT2D eigenvalue weighted by Gasteiger charge is 2.35. The van der Waals surface area contributed by atoms with E-state index in [0.29, 0.717) is 118 Å². The summed E-state index contributed by atoms with van der Waals surface area (Å²) in [4.78, 5) is 41.1. The van der Waals surface area contributed by atoms with Gasteiger partial charge in [-0.1, -0.05) is 72.3 Å². The van der Waals surface area contributed by atoms with Crippen LogP contribution in [0.4, 0.5) is 5.82 Å². The summed E-state index contributed by atoms with van der Waals surface area (Å²) >= 11 is 5.93. The molecule has 0 radical (unpaired) electrons. The molecule has 32 nitrogen and oxygen atoms in total. The second kappa shape index (κ2) is 42.1. The van der Waals surface area contributed by atoms with E-state index in [0.717, 1.165) is 138 Å². The Bertz CT molecular complexity index is 6230. The maximum Gasteiger partial charge on any atom is 0.295 e. The van der Waals surface area contributed by atoms with E-state index in [4.69, 9.17) is 45.8 Å². The van der Waals surface area contributed by atoms with Crippen molar-refractivity contribution in [3.05, 3.63) is 211 Å². The Morgan fingerprint density at radius 3 is 1.23 bits per heavy atom. The van der Waals surface area contributed by atoms with Gasteiger partial charge in [-0.05, 0) is 130 Å². The largest absolute Gasteiger partial charge is 0.493 e. The number of aromatic nitrogens is 7. The van der Waals surface area contributed by atoms with E-state index in [9.17, 15) is 42.1 Å². The number of likely N-dealkylation sites (N-methyl/N-ethyl adjacent to an activating group) is 4. The molecule has 18 rings (SSSR count). The SMILES string of the molecule is CN1CCN(S(=O)(=O)c2cccc3c2CCNC3)CC1.CN1CCN(S(=O)(=O)c2cccc3cnccc23)CC1.CN1CCNCC1.COc1cc2ncnc(Cl)c2cc1OC.COc1cc2ncnc(N3CCc4c(cccc4S(=O)(=O)N4CCN(C)CC4)C3)c2cc1OC.O=S(=O)(Cl)c1cccc2cnccc12.O=S(=O)(O)c1cccc2cnccc12. The number of benzene rings is 7. The maximum absolute atomic E-state index is 13.5. The van der Waals surface area contributed by atoms with E-state index in [1.54, 1.807) is 151 Å². The minimum Gasteiger partial charge on any atom is -0.493 e. The van der Waals surface area contributed by atoms with Crippen molar-refractivity contribution in [2.24, 2.45) is 0 Å². The number of methoxy groups -OCH3 is 4. The topological polar surface area (TPSA) is 368 Å². The fourth-order valence-corrected chi connectivity index (χ4v) is 22.0. The molecule has 4 fully saturated rings. The predicted octanol–water partition coefficient (Wildman–Crippen LogP) is 9.05. The number of pyridine rings is 3. The lowest BCUT2D eigenvalue weighted by atomic mass is 9.99. The van der Waals surface area contributed by atoms with Gasteiger partial charge in [-0.15, -0.1) is 0 Å². The highest BCUT2D eigenvalue weighted by molar-refractivity contribution is 8.14. The molecule has 0 amide bonds. The Hall–Kier alpha value is -9.62. The van der Waals surface area contributed by atoms with Gasteiger partial charge in [0.05, 0.1) is 59.1 Å². The molecule has 0 atom stereocenters. The zero-order valence-electron chi connectivity index (χ0n) is 70.0. The van der Waals surface area contributed by atoms with Gasteiger partial charge in [0.2, 0.25) is 30.1 Å². The van der Waals surface area contributed by atoms with E-state index < -0.39 is 49.2 Å². The molecule has 3 N–H and O–H groups in total. The van der Waals surface area contributed by atoms with Crippen molar-refractivity contribution in [2.45, 2.75) is 50.4 Å². The summed E-state index contributed by atoms with van der Waals surface area (Å²) in [7, 11) is 1.69. The summed E-state index contributed by atoms with van der Waals surface area (Å²) in [5, 5.41) is 12.7. The van der Waals surface area contributed by atoms with Gasteiger partial charge in [-0.2, -0.15) is 21.3 Å². The van der Waals surface area contributed by atoms with Crippen LogP contribution in [-0.2, 0) is 75.2 Å². The van der Waals surface area contributed by atoms with Crippen molar-refractivity contribution in [3.8, 4) is 23.0 Å². The second-order valence-corrected chi connectivity index (χ2v) is 39.8. The van der Waals surface area contributed by atoms with Crippen molar-refractivity contribution in [3.63, 3.8) is 0 Å². The first-order valence-corrected chi connectivity index (χ1v) is 48.3. The van der Waals surface area contributed by atoms with Crippen LogP contribution >= 0.6 is 22.3 Å². The first-order valence-electron chi connectivity index (χ1n) is 39.8. The lowest BCUT2D eigenvalue weighted by Gasteiger charge is -2.34. The van der Waals surface area contributed by atoms with Gasteiger partial charge in [0, 0.05) is 227 Å². The van der Waals surface area contributed by atoms with Crippen molar-refractivity contribution < 1.29 is 65.6 Å². The van der Waals surface area contributed by atoms with Crippen molar-refractivity contribution in [1.29, 1.82) is 0 Å². The van der Waals surface area contributed by atoms with Gasteiger partial charge >= 0.3 is 0 Å². The summed E-state index contributed by atoms with van der Waals surface area (Å²) < 4.78 is 158. The summed E-state index contributed by atoms with van der Waals surface area (Å²) in [6.45, 7) is 15.5. The number of hydrogen-bond acceptors (Lipinski definition) is 28. The first-order chi connectivity index (χ1) is 59.4. The van der Waals surface area contributed by atoms with Gasteiger partial charge in [-0.3, -0.25) is 19.5 Å². The van der Waals surface area contributed by atoms with E-state index in [-0.39, 0.29) is 9.79 Å². The quantitative estimate of drug-likeness (QED) is 0.0550. The summed E-state index contributed by atoms with van der Waals surface area (Å²) in [6.07, 6.45) is 13.9. The van der Waals surface area contributed by atoms with E-state index >= 15 is 0 Å². The number of piperazine rings is 4. The van der Waals surface area contributed by atoms with Crippen LogP contribution in [0, 0.1) is 0 Å². The molecule has 0 unspecified atom stereocenters. The van der Waals surface area contributed by atoms with Gasteiger partial charge in [0.15, 0.2) is 23.0 Å². The zero-order valence-corrected chi connectivity index (χ0v) is 75.6. The third kappa shape index (κ3) is 22.8. The average Bonchev–Trinajstić information content (AvgIpc) is 0.692. The number of sulfonamides is 3. The lowest BCUT2D eigenvalue weighted by Crippen LogP contribution is -2.47. The van der Waals surface area contributed by atoms with Crippen LogP contribution in [0.25, 0.3) is 54.1 Å². The lowest BCUT2D eigenvalue weighted by molar-refractivity contribution is 0.222. The number of fused-ring (bicyclic) bond motifs is 7. The van der Waals surface area contributed by atoms with Crippen molar-refractivity contribution >= 4 is 131 Å². The van der Waals surface area contributed by atoms with Gasteiger partial charge < -0.3 is 54.1 Å². The number of halogens is 2. The monoisotopic (exact) mass is 1830 g/mol. The van der Waals surface area contributed by atoms with Gasteiger partial charge in [0.25, 0.3) is 19.2 Å². The molecule has 12 aromatic rings. The van der Waals surface area contributed by atoms with E-state index in [2.05, 4.69) is 77.1 Å². The number of ether oxygens (including phenoxy) is 4. The molecule has 5 aromatic heterocycles. The molecular weight excluding hydrogens is 1730 g/mol. The second-order valence-electron chi connectivity index (χ2n) is 29.8. The average molecular weight is 1830 g/mol. The fraction of sp³-hybridized carbons (Fsp3) is 0.353. The third-order valence-electron chi connectivity index (χ3n) is 21.9. The number of nitrogens with one attached hydrogen (secondary N) is 2. The Morgan fingerprint density at radius 2 is 0.774 bits per heavy atom. The number of hydrogen-bond donors (Lipinski definition) is 3. The molecule has 660 valence electrons. The number of nitrogens with zero attached hydrogens (tertiary/aromatic N) is 15. The van der Waals surface area contributed by atoms with Crippen LogP contribution < -0.4 is 34.5 Å². The minimum atomic E-state index is -4.16. The van der Waals surface area contributed by atoms with E-state index in [1.165, 1.54) is 43.9 Å². The molecule has 0 aliphatic carbocycles. The Labute approximate surface area is 733 Å². The Balaban J connectivity index is 0.000000138. The molecule has 6 aliphatic heterocycles. The van der Waals surface area contributed by atoms with Crippen LogP contribution in [0.5, 0.6) is 23.0 Å². The van der Waals surface area contributed by atoms with Crippen molar-refractivity contribution in [2.75, 3.05) is 179 Å². The fourth-order valence-electron chi connectivity index (χ4n) is 14.9.